The van der Waals surface area contributed by atoms with Gasteiger partial charge in [-0.15, -0.1) is 0 Å². The molecule has 28 heavy (non-hydrogen) atoms. The van der Waals surface area contributed by atoms with Gasteiger partial charge in [0.05, 0.1) is 4.90 Å². The molecule has 3 rings (SSSR count). The van der Waals surface area contributed by atoms with Crippen molar-refractivity contribution in [1.82, 2.24) is 4.98 Å². The number of sulfonamides is 1. The molecule has 142 valence electrons. The highest BCUT2D eigenvalue weighted by Gasteiger charge is 2.17. The number of anilines is 2. The Hall–Kier alpha value is -3.72. The molecule has 0 aliphatic heterocycles. The van der Waals surface area contributed by atoms with Crippen LogP contribution in [0.4, 0.5) is 11.5 Å². The number of nitrogens with zero attached hydrogens (tertiary/aromatic N) is 1. The Balaban J connectivity index is 1.81. The van der Waals surface area contributed by atoms with E-state index in [0.29, 0.717) is 5.69 Å². The van der Waals surface area contributed by atoms with Crippen LogP contribution in [0.2, 0.25) is 0 Å². The van der Waals surface area contributed by atoms with Crippen LogP contribution < -0.4 is 15.8 Å². The molecule has 0 atom stereocenters. The van der Waals surface area contributed by atoms with Gasteiger partial charge in [0.1, 0.15) is 5.82 Å². The summed E-state index contributed by atoms with van der Waals surface area (Å²) in [6.07, 6.45) is 1.46. The van der Waals surface area contributed by atoms with Crippen molar-refractivity contribution in [1.29, 1.82) is 0 Å². The fraction of sp³-hybridized carbons (Fsp3) is 0. The summed E-state index contributed by atoms with van der Waals surface area (Å²) in [6.45, 7) is 0. The minimum atomic E-state index is -3.91. The van der Waals surface area contributed by atoms with Crippen LogP contribution >= 0.6 is 0 Å². The van der Waals surface area contributed by atoms with E-state index in [0.717, 1.165) is 0 Å². The lowest BCUT2D eigenvalue weighted by Gasteiger charge is -2.10. The van der Waals surface area contributed by atoms with Crippen LogP contribution in [0.25, 0.3) is 0 Å². The quantitative estimate of drug-likeness (QED) is 0.588. The van der Waals surface area contributed by atoms with Crippen molar-refractivity contribution >= 4 is 33.3 Å². The Labute approximate surface area is 161 Å². The molecule has 0 fully saturated rings. The van der Waals surface area contributed by atoms with Crippen LogP contribution in [0.5, 0.6) is 0 Å². The van der Waals surface area contributed by atoms with Gasteiger partial charge in [-0.2, -0.15) is 0 Å². The maximum Gasteiger partial charge on any atom is 0.263 e. The third-order valence-electron chi connectivity index (χ3n) is 3.72. The summed E-state index contributed by atoms with van der Waals surface area (Å²) in [6, 6.07) is 16.5. The van der Waals surface area contributed by atoms with E-state index in [2.05, 4.69) is 15.0 Å². The molecule has 0 saturated carbocycles. The van der Waals surface area contributed by atoms with Crippen LogP contribution in [0.15, 0.2) is 77.8 Å². The summed E-state index contributed by atoms with van der Waals surface area (Å²) in [5.41, 5.74) is 5.96. The van der Waals surface area contributed by atoms with Crippen molar-refractivity contribution in [3.8, 4) is 0 Å². The maximum absolute atomic E-state index is 12.5. The molecular weight excluding hydrogens is 380 g/mol. The third-order valence-corrected chi connectivity index (χ3v) is 5.07. The molecule has 9 heteroatoms. The monoisotopic (exact) mass is 396 g/mol. The second-order valence-corrected chi connectivity index (χ2v) is 7.43. The molecule has 4 N–H and O–H groups in total. The summed E-state index contributed by atoms with van der Waals surface area (Å²) >= 11 is 0. The summed E-state index contributed by atoms with van der Waals surface area (Å²) in [5.74, 6) is -0.984. The number of hydrogen-bond acceptors (Lipinski definition) is 5. The molecule has 0 unspecified atom stereocenters. The molecule has 2 aromatic carbocycles. The van der Waals surface area contributed by atoms with E-state index in [9.17, 15) is 18.0 Å². The van der Waals surface area contributed by atoms with E-state index in [-0.39, 0.29) is 21.8 Å². The molecule has 0 bridgehead atoms. The van der Waals surface area contributed by atoms with Gasteiger partial charge in [0.2, 0.25) is 5.91 Å². The highest BCUT2D eigenvalue weighted by atomic mass is 32.2. The number of pyridine rings is 1. The topological polar surface area (TPSA) is 131 Å². The molecule has 8 nitrogen and oxygen atoms in total. The zero-order valence-corrected chi connectivity index (χ0v) is 15.3. The van der Waals surface area contributed by atoms with Gasteiger partial charge in [-0.05, 0) is 48.5 Å². The number of nitrogens with one attached hydrogen (secondary N) is 2. The third kappa shape index (κ3) is 4.51. The lowest BCUT2D eigenvalue weighted by Crippen LogP contribution is -2.17. The number of benzene rings is 2. The smallest absolute Gasteiger partial charge is 0.263 e. The van der Waals surface area contributed by atoms with Crippen molar-refractivity contribution < 1.29 is 18.0 Å². The molecule has 0 radical (unpaired) electrons. The van der Waals surface area contributed by atoms with E-state index < -0.39 is 21.8 Å². The normalized spacial score (nSPS) is 10.9. The molecule has 0 aliphatic carbocycles. The largest absolute Gasteiger partial charge is 0.366 e. The SMILES string of the molecule is NC(=O)c1cccc(NC(=O)c2cccc(S(=O)(=O)Nc3ccccn3)c2)c1. The van der Waals surface area contributed by atoms with Gasteiger partial charge in [-0.25, -0.2) is 13.4 Å². The predicted molar refractivity (Wildman–Crippen MR) is 104 cm³/mol. The molecule has 0 saturated heterocycles. The van der Waals surface area contributed by atoms with Crippen molar-refractivity contribution in [3.63, 3.8) is 0 Å². The number of hydrogen-bond donors (Lipinski definition) is 3. The minimum absolute atomic E-state index is 0.0864. The fourth-order valence-corrected chi connectivity index (χ4v) is 3.43. The van der Waals surface area contributed by atoms with Crippen molar-refractivity contribution in [2.75, 3.05) is 10.0 Å². The van der Waals surface area contributed by atoms with Gasteiger partial charge >= 0.3 is 0 Å². The zero-order valence-electron chi connectivity index (χ0n) is 14.5. The number of aromatic nitrogens is 1. The number of carbonyl (C=O) groups excluding carboxylic acids is 2. The van der Waals surface area contributed by atoms with Crippen LogP contribution in [0.3, 0.4) is 0 Å². The first kappa shape index (κ1) is 19.1. The van der Waals surface area contributed by atoms with Gasteiger partial charge in [-0.3, -0.25) is 14.3 Å². The lowest BCUT2D eigenvalue weighted by molar-refractivity contribution is 0.0996. The molecule has 0 aliphatic rings. The van der Waals surface area contributed by atoms with E-state index in [4.69, 9.17) is 5.73 Å². The number of rotatable bonds is 6. The van der Waals surface area contributed by atoms with Crippen molar-refractivity contribution in [2.24, 2.45) is 5.73 Å². The first-order valence-corrected chi connectivity index (χ1v) is 9.58. The van der Waals surface area contributed by atoms with E-state index in [1.807, 2.05) is 0 Å². The van der Waals surface area contributed by atoms with Crippen LogP contribution in [0.1, 0.15) is 20.7 Å². The minimum Gasteiger partial charge on any atom is -0.366 e. The molecule has 3 aromatic rings. The van der Waals surface area contributed by atoms with E-state index in [1.54, 1.807) is 24.3 Å². The van der Waals surface area contributed by atoms with Crippen LogP contribution in [0, 0.1) is 0 Å². The molecule has 2 amide bonds. The number of nitrogens with two attached hydrogens (primary N) is 1. The summed E-state index contributed by atoms with van der Waals surface area (Å²) in [4.78, 5) is 27.6. The van der Waals surface area contributed by atoms with E-state index in [1.165, 1.54) is 48.7 Å². The molecule has 0 spiro atoms. The summed E-state index contributed by atoms with van der Waals surface area (Å²) < 4.78 is 27.4. The Morgan fingerprint density at radius 1 is 0.893 bits per heavy atom. The standard InChI is InChI=1S/C19H16N4O4S/c20-18(24)13-5-3-7-15(11-13)22-19(25)14-6-4-8-16(12-14)28(26,27)23-17-9-1-2-10-21-17/h1-12H,(H2,20,24)(H,21,23)(H,22,25). The predicted octanol–water partition coefficient (Wildman–Crippen LogP) is 2.23. The van der Waals surface area contributed by atoms with Gasteiger partial charge in [-0.1, -0.05) is 18.2 Å². The highest BCUT2D eigenvalue weighted by molar-refractivity contribution is 7.92. The lowest BCUT2D eigenvalue weighted by atomic mass is 10.1. The summed E-state index contributed by atoms with van der Waals surface area (Å²) in [7, 11) is -3.91. The first-order valence-electron chi connectivity index (χ1n) is 8.10. The molecular formula is C19H16N4O4S. The Morgan fingerprint density at radius 2 is 1.64 bits per heavy atom. The van der Waals surface area contributed by atoms with Gasteiger partial charge in [0.15, 0.2) is 0 Å². The van der Waals surface area contributed by atoms with Crippen molar-refractivity contribution in [3.05, 3.63) is 84.1 Å². The second kappa shape index (κ2) is 7.89. The van der Waals surface area contributed by atoms with Gasteiger partial charge < -0.3 is 11.1 Å². The number of carbonyl (C=O) groups is 2. The van der Waals surface area contributed by atoms with Crippen LogP contribution in [-0.2, 0) is 10.0 Å². The second-order valence-electron chi connectivity index (χ2n) is 5.75. The number of primary amides is 1. The first-order chi connectivity index (χ1) is 13.3. The number of amides is 2. The van der Waals surface area contributed by atoms with E-state index >= 15 is 0 Å². The summed E-state index contributed by atoms with van der Waals surface area (Å²) in [5, 5.41) is 2.61. The molecule has 1 aromatic heterocycles. The Morgan fingerprint density at radius 3 is 2.36 bits per heavy atom. The Kier molecular flexibility index (Phi) is 5.37. The Bertz CT molecular complexity index is 1130. The maximum atomic E-state index is 12.5. The van der Waals surface area contributed by atoms with Gasteiger partial charge in [0, 0.05) is 23.0 Å². The highest BCUT2D eigenvalue weighted by Crippen LogP contribution is 2.17. The molecule has 1 heterocycles. The zero-order chi connectivity index (χ0) is 20.1. The average Bonchev–Trinajstić information content (AvgIpc) is 2.68. The van der Waals surface area contributed by atoms with Gasteiger partial charge in [0.25, 0.3) is 15.9 Å². The average molecular weight is 396 g/mol. The van der Waals surface area contributed by atoms with Crippen molar-refractivity contribution in [2.45, 2.75) is 4.90 Å². The van der Waals surface area contributed by atoms with Crippen LogP contribution in [-0.4, -0.2) is 25.2 Å². The fourth-order valence-electron chi connectivity index (χ4n) is 2.38.